The van der Waals surface area contributed by atoms with E-state index in [9.17, 15) is 0 Å². The van der Waals surface area contributed by atoms with Crippen molar-refractivity contribution in [2.45, 2.75) is 51.6 Å². The summed E-state index contributed by atoms with van der Waals surface area (Å²) in [5.41, 5.74) is 1.20. The zero-order chi connectivity index (χ0) is 16.8. The lowest BCUT2D eigenvalue weighted by molar-refractivity contribution is 0.447. The SMILES string of the molecule is Cc1occc1CN(C)C(=NCCc1ccco1)NC1CCCC1. The molecule has 1 aliphatic carbocycles. The summed E-state index contributed by atoms with van der Waals surface area (Å²) in [6.45, 7) is 3.51. The third kappa shape index (κ3) is 4.43. The number of hydrogen-bond acceptors (Lipinski definition) is 3. The number of aryl methyl sites for hydroxylation is 1. The third-order valence-electron chi connectivity index (χ3n) is 4.62. The van der Waals surface area contributed by atoms with Crippen LogP contribution < -0.4 is 5.32 Å². The first-order valence-electron chi connectivity index (χ1n) is 8.80. The fourth-order valence-corrected chi connectivity index (χ4v) is 3.16. The minimum atomic E-state index is 0.542. The average molecular weight is 329 g/mol. The molecule has 3 rings (SSSR count). The Balaban J connectivity index is 1.64. The summed E-state index contributed by atoms with van der Waals surface area (Å²) in [7, 11) is 2.08. The number of nitrogens with one attached hydrogen (secondary N) is 1. The van der Waals surface area contributed by atoms with Gasteiger partial charge in [-0.3, -0.25) is 4.99 Å². The van der Waals surface area contributed by atoms with Gasteiger partial charge in [-0.05, 0) is 38.0 Å². The third-order valence-corrected chi connectivity index (χ3v) is 4.62. The summed E-state index contributed by atoms with van der Waals surface area (Å²) < 4.78 is 10.8. The van der Waals surface area contributed by atoms with Gasteiger partial charge in [-0.25, -0.2) is 0 Å². The van der Waals surface area contributed by atoms with Gasteiger partial charge in [0.2, 0.25) is 0 Å². The van der Waals surface area contributed by atoms with E-state index < -0.39 is 0 Å². The molecule has 0 aromatic carbocycles. The quantitative estimate of drug-likeness (QED) is 0.648. The molecule has 0 unspecified atom stereocenters. The fraction of sp³-hybridized carbons (Fsp3) is 0.526. The Hall–Kier alpha value is -2.17. The molecule has 5 heteroatoms. The summed E-state index contributed by atoms with van der Waals surface area (Å²) in [5, 5.41) is 3.64. The lowest BCUT2D eigenvalue weighted by Crippen LogP contribution is -2.43. The normalized spacial score (nSPS) is 15.8. The Labute approximate surface area is 143 Å². The molecule has 0 bridgehead atoms. The van der Waals surface area contributed by atoms with Gasteiger partial charge in [0, 0.05) is 38.2 Å². The summed E-state index contributed by atoms with van der Waals surface area (Å²) in [5.74, 6) is 2.92. The Morgan fingerprint density at radius 1 is 1.25 bits per heavy atom. The topological polar surface area (TPSA) is 53.9 Å². The molecule has 0 radical (unpaired) electrons. The van der Waals surface area contributed by atoms with Crippen LogP contribution >= 0.6 is 0 Å². The molecule has 1 fully saturated rings. The molecule has 2 aromatic rings. The molecule has 5 nitrogen and oxygen atoms in total. The van der Waals surface area contributed by atoms with Crippen LogP contribution in [0.15, 0.2) is 44.6 Å². The van der Waals surface area contributed by atoms with Gasteiger partial charge in [0.1, 0.15) is 11.5 Å². The van der Waals surface area contributed by atoms with E-state index in [4.69, 9.17) is 13.8 Å². The van der Waals surface area contributed by atoms with E-state index in [-0.39, 0.29) is 0 Å². The lowest BCUT2D eigenvalue weighted by atomic mass is 10.2. The second kappa shape index (κ2) is 8.08. The van der Waals surface area contributed by atoms with Crippen molar-refractivity contribution in [1.82, 2.24) is 10.2 Å². The molecule has 0 aliphatic heterocycles. The number of guanidine groups is 1. The number of rotatable bonds is 6. The Bertz CT molecular complexity index is 639. The van der Waals surface area contributed by atoms with Gasteiger partial charge in [0.25, 0.3) is 0 Å². The predicted octanol–water partition coefficient (Wildman–Crippen LogP) is 3.74. The van der Waals surface area contributed by atoms with Crippen molar-refractivity contribution in [3.63, 3.8) is 0 Å². The van der Waals surface area contributed by atoms with Crippen LogP contribution in [0.2, 0.25) is 0 Å². The van der Waals surface area contributed by atoms with Gasteiger partial charge >= 0.3 is 0 Å². The standard InChI is InChI=1S/C19H27N3O2/c1-15-16(10-13-23-15)14-22(2)19(21-17-6-3-4-7-17)20-11-9-18-8-5-12-24-18/h5,8,10,12-13,17H,3-4,6-7,9,11,14H2,1-2H3,(H,20,21). The average Bonchev–Trinajstić information content (AvgIpc) is 3.31. The molecule has 2 aromatic heterocycles. The highest BCUT2D eigenvalue weighted by Crippen LogP contribution is 2.18. The summed E-state index contributed by atoms with van der Waals surface area (Å²) in [6, 6.07) is 6.49. The summed E-state index contributed by atoms with van der Waals surface area (Å²) in [4.78, 5) is 6.99. The maximum atomic E-state index is 5.41. The number of aliphatic imine (C=N–C) groups is 1. The first kappa shape index (κ1) is 16.7. The first-order chi connectivity index (χ1) is 11.7. The molecule has 1 N–H and O–H groups in total. The van der Waals surface area contributed by atoms with Gasteiger partial charge in [0.05, 0.1) is 12.5 Å². The van der Waals surface area contributed by atoms with E-state index in [0.29, 0.717) is 6.04 Å². The van der Waals surface area contributed by atoms with Crippen LogP contribution in [-0.2, 0) is 13.0 Å². The number of hydrogen-bond donors (Lipinski definition) is 1. The van der Waals surface area contributed by atoms with Gasteiger partial charge in [-0.15, -0.1) is 0 Å². The highest BCUT2D eigenvalue weighted by Gasteiger charge is 2.18. The van der Waals surface area contributed by atoms with E-state index in [2.05, 4.69) is 17.3 Å². The van der Waals surface area contributed by atoms with Gasteiger partial charge in [-0.1, -0.05) is 12.8 Å². The molecule has 0 amide bonds. The van der Waals surface area contributed by atoms with Crippen molar-refractivity contribution in [3.8, 4) is 0 Å². The largest absolute Gasteiger partial charge is 0.469 e. The maximum absolute atomic E-state index is 5.41. The zero-order valence-electron chi connectivity index (χ0n) is 14.6. The highest BCUT2D eigenvalue weighted by atomic mass is 16.3. The molecule has 2 heterocycles. The number of furan rings is 2. The summed E-state index contributed by atoms with van der Waals surface area (Å²) in [6.07, 6.45) is 9.36. The second-order valence-corrected chi connectivity index (χ2v) is 6.52. The second-order valence-electron chi connectivity index (χ2n) is 6.52. The van der Waals surface area contributed by atoms with Crippen LogP contribution in [0, 0.1) is 6.92 Å². The molecule has 130 valence electrons. The molecule has 1 saturated carbocycles. The predicted molar refractivity (Wildman–Crippen MR) is 95.0 cm³/mol. The summed E-state index contributed by atoms with van der Waals surface area (Å²) >= 11 is 0. The molecule has 0 saturated heterocycles. The maximum Gasteiger partial charge on any atom is 0.194 e. The zero-order valence-corrected chi connectivity index (χ0v) is 14.6. The van der Waals surface area contributed by atoms with Gasteiger partial charge < -0.3 is 19.1 Å². The smallest absolute Gasteiger partial charge is 0.194 e. The van der Waals surface area contributed by atoms with Crippen molar-refractivity contribution in [2.75, 3.05) is 13.6 Å². The fourth-order valence-electron chi connectivity index (χ4n) is 3.16. The van der Waals surface area contributed by atoms with Crippen molar-refractivity contribution >= 4 is 5.96 Å². The van der Waals surface area contributed by atoms with Crippen molar-refractivity contribution in [2.24, 2.45) is 4.99 Å². The van der Waals surface area contributed by atoms with Crippen LogP contribution in [0.3, 0.4) is 0 Å². The molecular formula is C19H27N3O2. The molecule has 1 aliphatic rings. The monoisotopic (exact) mass is 329 g/mol. The van der Waals surface area contributed by atoms with Crippen LogP contribution in [0.5, 0.6) is 0 Å². The van der Waals surface area contributed by atoms with Crippen molar-refractivity contribution in [3.05, 3.63) is 47.8 Å². The first-order valence-corrected chi connectivity index (χ1v) is 8.80. The van der Waals surface area contributed by atoms with Crippen LogP contribution in [0.4, 0.5) is 0 Å². The lowest BCUT2D eigenvalue weighted by Gasteiger charge is -2.25. The van der Waals surface area contributed by atoms with Crippen molar-refractivity contribution < 1.29 is 8.83 Å². The van der Waals surface area contributed by atoms with Crippen LogP contribution in [0.25, 0.3) is 0 Å². The molecule has 0 atom stereocenters. The van der Waals surface area contributed by atoms with E-state index in [1.807, 2.05) is 25.1 Å². The highest BCUT2D eigenvalue weighted by molar-refractivity contribution is 5.80. The molecule has 24 heavy (non-hydrogen) atoms. The van der Waals surface area contributed by atoms with Gasteiger partial charge in [0.15, 0.2) is 5.96 Å². The molecular weight excluding hydrogens is 302 g/mol. The van der Waals surface area contributed by atoms with Crippen LogP contribution in [0.1, 0.15) is 42.8 Å². The van der Waals surface area contributed by atoms with E-state index in [0.717, 1.165) is 37.0 Å². The number of nitrogens with zero attached hydrogens (tertiary/aromatic N) is 2. The van der Waals surface area contributed by atoms with E-state index in [1.165, 1.54) is 31.2 Å². The van der Waals surface area contributed by atoms with E-state index in [1.54, 1.807) is 12.5 Å². The Kier molecular flexibility index (Phi) is 5.62. The van der Waals surface area contributed by atoms with Gasteiger partial charge in [-0.2, -0.15) is 0 Å². The Morgan fingerprint density at radius 2 is 2.08 bits per heavy atom. The van der Waals surface area contributed by atoms with Crippen LogP contribution in [-0.4, -0.2) is 30.5 Å². The van der Waals surface area contributed by atoms with Crippen molar-refractivity contribution in [1.29, 1.82) is 0 Å². The minimum Gasteiger partial charge on any atom is -0.469 e. The minimum absolute atomic E-state index is 0.542. The Morgan fingerprint density at radius 3 is 2.75 bits per heavy atom. The van der Waals surface area contributed by atoms with E-state index >= 15 is 0 Å². The molecule has 0 spiro atoms.